The second-order valence-corrected chi connectivity index (χ2v) is 16.4. The van der Waals surface area contributed by atoms with E-state index in [1.54, 1.807) is 29.0 Å². The molecule has 0 atom stereocenters. The van der Waals surface area contributed by atoms with Crippen LogP contribution >= 0.6 is 20.2 Å². The maximum Gasteiger partial charge on any atom is 0.335 e. The first-order valence-electron chi connectivity index (χ1n) is 17.3. The van der Waals surface area contributed by atoms with Gasteiger partial charge in [-0.15, -0.1) is 13.2 Å². The summed E-state index contributed by atoms with van der Waals surface area (Å²) >= 11 is -3.02. The molecule has 0 unspecified atom stereocenters. The quantitative estimate of drug-likeness (QED) is 0.0733. The van der Waals surface area contributed by atoms with E-state index in [0.717, 1.165) is 31.4 Å². The molecule has 14 nitrogen and oxygen atoms in total. The van der Waals surface area contributed by atoms with Crippen LogP contribution < -0.4 is 15.1 Å². The van der Waals surface area contributed by atoms with Crippen LogP contribution in [0.4, 0.5) is 24.5 Å². The minimum atomic E-state index is -4.86. The van der Waals surface area contributed by atoms with E-state index in [9.17, 15) is 32.8 Å². The van der Waals surface area contributed by atoms with Gasteiger partial charge in [-0.1, -0.05) is 36.4 Å². The summed E-state index contributed by atoms with van der Waals surface area (Å²) in [7, 11) is 0. The molecular weight excluding hydrogens is 957 g/mol. The van der Waals surface area contributed by atoms with Gasteiger partial charge in [0.2, 0.25) is 11.8 Å². The van der Waals surface area contributed by atoms with E-state index in [4.69, 9.17) is 19.9 Å². The molecule has 318 valence electrons. The predicted molar refractivity (Wildman–Crippen MR) is 231 cm³/mol. The normalized spacial score (nSPS) is 11.7. The first kappa shape index (κ1) is 47.2. The summed E-state index contributed by atoms with van der Waals surface area (Å²) in [6.45, 7) is 2.54. The van der Waals surface area contributed by atoms with Crippen molar-refractivity contribution in [1.29, 1.82) is 0 Å². The Balaban J connectivity index is 0.000000198. The van der Waals surface area contributed by atoms with E-state index in [1.165, 1.54) is 26.0 Å². The molecule has 0 saturated carbocycles. The van der Waals surface area contributed by atoms with E-state index in [1.807, 2.05) is 108 Å². The first-order chi connectivity index (χ1) is 29.1. The SMILES string of the molecule is CC(=O)N(O)c1ccc2c(ccn2-c2ccccc2)c1.CC(=O)Nc1ccc2c(ccn2-c2ccccc2)c1OC(F)(F)F.CI1OC(=O)c2ccccc21.O=S=O.O=S=O. The van der Waals surface area contributed by atoms with Crippen LogP contribution in [0.15, 0.2) is 140 Å². The van der Waals surface area contributed by atoms with Crippen LogP contribution in [0.5, 0.6) is 5.75 Å². The van der Waals surface area contributed by atoms with E-state index >= 15 is 0 Å². The van der Waals surface area contributed by atoms with Crippen molar-refractivity contribution < 1.29 is 57.4 Å². The van der Waals surface area contributed by atoms with Crippen LogP contribution in [0.2, 0.25) is 0 Å². The van der Waals surface area contributed by atoms with Gasteiger partial charge in [0, 0.05) is 48.4 Å². The molecule has 61 heavy (non-hydrogen) atoms. The fraction of sp³-hybridized carbons (Fsp3) is 0.0976. The number of benzene rings is 5. The summed E-state index contributed by atoms with van der Waals surface area (Å²) in [5, 5.41) is 13.9. The fourth-order valence-electron chi connectivity index (χ4n) is 5.82. The van der Waals surface area contributed by atoms with Gasteiger partial charge in [-0.3, -0.25) is 14.8 Å². The van der Waals surface area contributed by atoms with Crippen LogP contribution in [-0.2, 0) is 35.8 Å². The molecule has 5 aromatic carbocycles. The summed E-state index contributed by atoms with van der Waals surface area (Å²) in [5.41, 5.74) is 4.65. The smallest absolute Gasteiger partial charge is 0.168 e. The zero-order chi connectivity index (χ0) is 44.7. The average molecular weight is 991 g/mol. The van der Waals surface area contributed by atoms with Crippen LogP contribution in [0.25, 0.3) is 33.2 Å². The van der Waals surface area contributed by atoms with Gasteiger partial charge >= 0.3 is 102 Å². The molecular formula is C41H34F3IN4O10S2. The Labute approximate surface area is 360 Å². The van der Waals surface area contributed by atoms with Gasteiger partial charge in [0.05, 0.1) is 22.4 Å². The second-order valence-electron chi connectivity index (χ2n) is 12.1. The number of nitrogens with one attached hydrogen (secondary N) is 1. The van der Waals surface area contributed by atoms with Crippen molar-refractivity contribution in [2.75, 3.05) is 15.3 Å². The molecule has 0 radical (unpaired) electrons. The third-order valence-electron chi connectivity index (χ3n) is 8.20. The van der Waals surface area contributed by atoms with Crippen molar-refractivity contribution in [3.05, 3.63) is 149 Å². The van der Waals surface area contributed by atoms with Crippen LogP contribution in [0.1, 0.15) is 24.2 Å². The molecule has 1 aliphatic heterocycles. The van der Waals surface area contributed by atoms with Crippen LogP contribution in [0, 0.1) is 3.57 Å². The fourth-order valence-corrected chi connectivity index (χ4v) is 8.83. The zero-order valence-electron chi connectivity index (χ0n) is 32.1. The molecule has 20 heteroatoms. The van der Waals surface area contributed by atoms with Crippen molar-refractivity contribution in [3.8, 4) is 17.1 Å². The van der Waals surface area contributed by atoms with Gasteiger partial charge < -0.3 is 19.2 Å². The first-order valence-corrected chi connectivity index (χ1v) is 22.7. The number of alkyl halides is 4. The van der Waals surface area contributed by atoms with E-state index in [2.05, 4.69) is 14.6 Å². The third kappa shape index (κ3) is 12.8. The number of carbonyl (C=O) groups is 3. The van der Waals surface area contributed by atoms with Crippen LogP contribution in [0.3, 0.4) is 0 Å². The van der Waals surface area contributed by atoms with Crippen molar-refractivity contribution in [2.24, 2.45) is 0 Å². The maximum absolute atomic E-state index is 12.8. The molecule has 0 bridgehead atoms. The molecule has 0 saturated heterocycles. The number of anilines is 2. The maximum atomic E-state index is 12.8. The van der Waals surface area contributed by atoms with E-state index in [0.29, 0.717) is 16.3 Å². The molecule has 2 amide bonds. The summed E-state index contributed by atoms with van der Waals surface area (Å²) in [6.07, 6.45) is -1.24. The molecule has 2 N–H and O–H groups in total. The Morgan fingerprint density at radius 2 is 1.28 bits per heavy atom. The molecule has 7 aromatic rings. The monoisotopic (exact) mass is 990 g/mol. The topological polar surface area (TPSA) is 183 Å². The molecule has 1 aliphatic rings. The van der Waals surface area contributed by atoms with Gasteiger partial charge in [0.15, 0.2) is 5.75 Å². The predicted octanol–water partition coefficient (Wildman–Crippen LogP) is 8.60. The largest absolute Gasteiger partial charge is 0.335 e. The standard InChI is InChI=1S/C17H13F3N2O2.C16H14N2O2.C8H7IO2.2O2S/c1-11(23)21-14-7-8-15-13(16(14)24-17(18,19)20)9-10-22(15)12-5-3-2-4-6-12;1-12(19)18(20)15-7-8-16-13(11-15)9-10-17(16)14-5-3-2-4-6-14;1-9-7-5-3-2-4-6(7)8(10)11-9;2*1-3-2/h2-10H,1H3,(H,21,23);2-11,20H,1H3;2-5H,1H3;;. The van der Waals surface area contributed by atoms with Crippen LogP contribution in [-0.4, -0.2) is 60.3 Å². The number of fused-ring (bicyclic) bond motifs is 3. The average Bonchev–Trinajstić information content (AvgIpc) is 3.95. The number of hydroxylamine groups is 1. The Morgan fingerprint density at radius 1 is 0.754 bits per heavy atom. The van der Waals surface area contributed by atoms with Gasteiger partial charge in [-0.2, -0.15) is 21.9 Å². The number of nitrogens with zero attached hydrogens (tertiary/aromatic N) is 3. The minimum absolute atomic E-state index is 0.0295. The molecule has 0 aliphatic carbocycles. The Kier molecular flexibility index (Phi) is 17.2. The van der Waals surface area contributed by atoms with Crippen molar-refractivity contribution in [3.63, 3.8) is 0 Å². The number of rotatable bonds is 5. The molecule has 0 spiro atoms. The Morgan fingerprint density at radius 3 is 1.82 bits per heavy atom. The number of para-hydroxylation sites is 2. The van der Waals surface area contributed by atoms with Crippen molar-refractivity contribution in [1.82, 2.24) is 9.13 Å². The zero-order valence-corrected chi connectivity index (χ0v) is 35.9. The molecule has 2 aromatic heterocycles. The van der Waals surface area contributed by atoms with Gasteiger partial charge in [0.25, 0.3) is 0 Å². The van der Waals surface area contributed by atoms with Gasteiger partial charge in [-0.05, 0) is 66.7 Å². The number of hydrogen-bond donors (Lipinski definition) is 2. The Hall–Kier alpha value is -6.49. The third-order valence-corrected chi connectivity index (χ3v) is 11.8. The number of aromatic nitrogens is 2. The van der Waals surface area contributed by atoms with Gasteiger partial charge in [0.1, 0.15) is 0 Å². The summed E-state index contributed by atoms with van der Waals surface area (Å²) < 4.78 is 85.8. The molecule has 8 rings (SSSR count). The van der Waals surface area contributed by atoms with E-state index in [-0.39, 0.29) is 17.0 Å². The number of hydrogen-bond acceptors (Lipinski definition) is 10. The van der Waals surface area contributed by atoms with E-state index < -0.39 is 67.3 Å². The number of ether oxygens (including phenoxy) is 1. The summed E-state index contributed by atoms with van der Waals surface area (Å²) in [4.78, 5) is 35.5. The molecule has 3 heterocycles. The van der Waals surface area contributed by atoms with Crippen molar-refractivity contribution in [2.45, 2.75) is 20.2 Å². The van der Waals surface area contributed by atoms with Crippen molar-refractivity contribution >= 4 is 94.3 Å². The molecule has 0 fully saturated rings. The summed E-state index contributed by atoms with van der Waals surface area (Å²) in [6, 6.07) is 38.8. The Bertz CT molecular complexity index is 2690. The number of halogens is 4. The summed E-state index contributed by atoms with van der Waals surface area (Å²) in [5.74, 6) is -1.45. The second kappa shape index (κ2) is 22.2. The number of amides is 2. The minimum Gasteiger partial charge on any atom is -0.168 e. The van der Waals surface area contributed by atoms with Gasteiger partial charge in [-0.25, -0.2) is 0 Å². The number of carbonyl (C=O) groups excluding carboxylic acids is 3.